The molecular formula is C55H37N. The largest absolute Gasteiger partial charge is 0.309 e. The molecule has 0 spiro atoms. The van der Waals surface area contributed by atoms with E-state index in [9.17, 15) is 0 Å². The Bertz CT molecular complexity index is 3030. The molecule has 0 amide bonds. The fourth-order valence-electron chi connectivity index (χ4n) is 9.63. The molecule has 1 nitrogen and oxygen atoms in total. The summed E-state index contributed by atoms with van der Waals surface area (Å²) in [5.74, 6) is 0. The van der Waals surface area contributed by atoms with Crippen LogP contribution in [0.15, 0.2) is 224 Å². The van der Waals surface area contributed by atoms with Gasteiger partial charge in [-0.3, -0.25) is 0 Å². The lowest BCUT2D eigenvalue weighted by molar-refractivity contribution is 0.768. The van der Waals surface area contributed by atoms with Crippen LogP contribution in [0, 0.1) is 0 Å². The molecule has 0 fully saturated rings. The monoisotopic (exact) mass is 711 g/mol. The first-order valence-corrected chi connectivity index (χ1v) is 19.4. The van der Waals surface area contributed by atoms with Gasteiger partial charge in [-0.05, 0) is 90.1 Å². The second kappa shape index (κ2) is 13.0. The Kier molecular flexibility index (Phi) is 7.47. The Morgan fingerprint density at radius 3 is 1.52 bits per heavy atom. The van der Waals surface area contributed by atoms with E-state index >= 15 is 0 Å². The van der Waals surface area contributed by atoms with Crippen LogP contribution >= 0.6 is 0 Å². The number of anilines is 3. The van der Waals surface area contributed by atoms with Crippen molar-refractivity contribution in [2.24, 2.45) is 0 Å². The summed E-state index contributed by atoms with van der Waals surface area (Å²) >= 11 is 0. The maximum Gasteiger partial charge on any atom is 0.0714 e. The van der Waals surface area contributed by atoms with Crippen LogP contribution in [0.1, 0.15) is 22.3 Å². The van der Waals surface area contributed by atoms with Crippen LogP contribution in [0.3, 0.4) is 0 Å². The van der Waals surface area contributed by atoms with E-state index in [0.717, 1.165) is 11.4 Å². The molecule has 0 bridgehead atoms. The van der Waals surface area contributed by atoms with E-state index in [0.29, 0.717) is 0 Å². The molecule has 0 saturated heterocycles. The van der Waals surface area contributed by atoms with E-state index in [1.54, 1.807) is 0 Å². The van der Waals surface area contributed by atoms with Crippen molar-refractivity contribution in [1.29, 1.82) is 0 Å². The van der Waals surface area contributed by atoms with Crippen LogP contribution in [0.4, 0.5) is 17.1 Å². The summed E-state index contributed by atoms with van der Waals surface area (Å²) in [7, 11) is 0. The summed E-state index contributed by atoms with van der Waals surface area (Å²) in [5.41, 5.74) is 13.0. The van der Waals surface area contributed by atoms with Crippen LogP contribution in [-0.4, -0.2) is 0 Å². The second-order valence-corrected chi connectivity index (χ2v) is 14.8. The molecule has 11 rings (SSSR count). The van der Waals surface area contributed by atoms with Crippen LogP contribution in [0.25, 0.3) is 54.6 Å². The molecule has 1 heteroatoms. The summed E-state index contributed by atoms with van der Waals surface area (Å²) in [6.45, 7) is 0. The van der Waals surface area contributed by atoms with Crippen molar-refractivity contribution in [2.75, 3.05) is 4.90 Å². The van der Waals surface area contributed by atoms with Gasteiger partial charge < -0.3 is 4.90 Å². The number of rotatable bonds is 6. The molecule has 0 N–H and O–H groups in total. The average Bonchev–Trinajstić information content (AvgIpc) is 3.58. The predicted molar refractivity (Wildman–Crippen MR) is 236 cm³/mol. The quantitative estimate of drug-likeness (QED) is 0.155. The lowest BCUT2D eigenvalue weighted by Gasteiger charge is -2.35. The van der Waals surface area contributed by atoms with Gasteiger partial charge in [0.1, 0.15) is 0 Å². The Labute approximate surface area is 327 Å². The standard InChI is InChI=1S/C55H37N/c1-4-21-39(22-5-1)55(40-23-6-2-7-24-40)51-34-17-16-30-46(51)47-36-35-42(37-52(47)55)56(41-25-8-3-9-26-41)54-50-32-15-13-29-45(50)44-28-12-14-31-49(44)53(54)48-33-18-20-38-19-10-11-27-43(38)48/h1-37H. The predicted octanol–water partition coefficient (Wildman–Crippen LogP) is 14.6. The van der Waals surface area contributed by atoms with Gasteiger partial charge in [0.25, 0.3) is 0 Å². The molecule has 0 radical (unpaired) electrons. The fourth-order valence-corrected chi connectivity index (χ4v) is 9.63. The van der Waals surface area contributed by atoms with Crippen molar-refractivity contribution < 1.29 is 0 Å². The van der Waals surface area contributed by atoms with Crippen LogP contribution < -0.4 is 4.90 Å². The Morgan fingerprint density at radius 2 is 0.804 bits per heavy atom. The molecule has 0 atom stereocenters. The van der Waals surface area contributed by atoms with E-state index < -0.39 is 5.41 Å². The van der Waals surface area contributed by atoms with Gasteiger partial charge in [-0.25, -0.2) is 0 Å². The lowest BCUT2D eigenvalue weighted by Crippen LogP contribution is -2.28. The lowest BCUT2D eigenvalue weighted by atomic mass is 9.67. The van der Waals surface area contributed by atoms with Gasteiger partial charge in [-0.15, -0.1) is 0 Å². The van der Waals surface area contributed by atoms with E-state index in [1.807, 2.05) is 0 Å². The van der Waals surface area contributed by atoms with E-state index in [1.165, 1.54) is 82.5 Å². The molecule has 0 heterocycles. The van der Waals surface area contributed by atoms with Gasteiger partial charge >= 0.3 is 0 Å². The summed E-state index contributed by atoms with van der Waals surface area (Å²) in [4.78, 5) is 2.52. The molecule has 0 saturated carbocycles. The SMILES string of the molecule is c1ccc(N(c2ccc3c(c2)C(c2ccccc2)(c2ccccc2)c2ccccc2-3)c2c(-c3cccc4ccccc34)c3ccccc3c3ccccc23)cc1. The third kappa shape index (κ3) is 4.74. The first kappa shape index (κ1) is 32.2. The Morgan fingerprint density at radius 1 is 0.304 bits per heavy atom. The van der Waals surface area contributed by atoms with Gasteiger partial charge in [0, 0.05) is 22.3 Å². The molecule has 0 aliphatic heterocycles. The minimum Gasteiger partial charge on any atom is -0.309 e. The molecular weight excluding hydrogens is 675 g/mol. The summed E-state index contributed by atoms with van der Waals surface area (Å²) in [5, 5.41) is 7.39. The zero-order valence-corrected chi connectivity index (χ0v) is 30.8. The van der Waals surface area contributed by atoms with E-state index in [-0.39, 0.29) is 0 Å². The van der Waals surface area contributed by atoms with Gasteiger partial charge in [-0.1, -0.05) is 200 Å². The number of hydrogen-bond donors (Lipinski definition) is 0. The fraction of sp³-hybridized carbons (Fsp3) is 0.0182. The van der Waals surface area contributed by atoms with Crippen molar-refractivity contribution in [1.82, 2.24) is 0 Å². The number of hydrogen-bond acceptors (Lipinski definition) is 1. The third-order valence-electron chi connectivity index (χ3n) is 11.9. The molecule has 0 aromatic heterocycles. The highest BCUT2D eigenvalue weighted by molar-refractivity contribution is 6.24. The van der Waals surface area contributed by atoms with Crippen molar-refractivity contribution in [3.05, 3.63) is 247 Å². The minimum absolute atomic E-state index is 0.517. The molecule has 10 aromatic carbocycles. The molecule has 1 aliphatic rings. The Balaban J connectivity index is 1.29. The van der Waals surface area contributed by atoms with Crippen LogP contribution in [-0.2, 0) is 5.41 Å². The Hall–Kier alpha value is -7.22. The molecule has 56 heavy (non-hydrogen) atoms. The molecule has 262 valence electrons. The van der Waals surface area contributed by atoms with E-state index in [4.69, 9.17) is 0 Å². The maximum absolute atomic E-state index is 2.52. The average molecular weight is 712 g/mol. The summed E-state index contributed by atoms with van der Waals surface area (Å²) in [6.07, 6.45) is 0. The van der Waals surface area contributed by atoms with Gasteiger partial charge in [0.15, 0.2) is 0 Å². The minimum atomic E-state index is -0.517. The first-order valence-electron chi connectivity index (χ1n) is 19.4. The summed E-state index contributed by atoms with van der Waals surface area (Å²) < 4.78 is 0. The second-order valence-electron chi connectivity index (χ2n) is 14.8. The summed E-state index contributed by atoms with van der Waals surface area (Å²) in [6, 6.07) is 82.7. The normalized spacial score (nSPS) is 12.8. The molecule has 1 aliphatic carbocycles. The zero-order chi connectivity index (χ0) is 37.1. The van der Waals surface area contributed by atoms with Crippen molar-refractivity contribution in [3.63, 3.8) is 0 Å². The third-order valence-corrected chi connectivity index (χ3v) is 11.9. The highest BCUT2D eigenvalue weighted by Crippen LogP contribution is 2.58. The van der Waals surface area contributed by atoms with Crippen LogP contribution in [0.5, 0.6) is 0 Å². The number of benzene rings is 10. The van der Waals surface area contributed by atoms with Gasteiger partial charge in [0.2, 0.25) is 0 Å². The topological polar surface area (TPSA) is 3.24 Å². The number of nitrogens with zero attached hydrogens (tertiary/aromatic N) is 1. The highest BCUT2D eigenvalue weighted by atomic mass is 15.1. The molecule has 0 unspecified atom stereocenters. The number of fused-ring (bicyclic) bond motifs is 7. The number of para-hydroxylation sites is 1. The van der Waals surface area contributed by atoms with Gasteiger partial charge in [0.05, 0.1) is 11.1 Å². The van der Waals surface area contributed by atoms with Gasteiger partial charge in [-0.2, -0.15) is 0 Å². The zero-order valence-electron chi connectivity index (χ0n) is 30.8. The smallest absolute Gasteiger partial charge is 0.0714 e. The van der Waals surface area contributed by atoms with E-state index in [2.05, 4.69) is 229 Å². The van der Waals surface area contributed by atoms with Crippen molar-refractivity contribution in [3.8, 4) is 22.3 Å². The van der Waals surface area contributed by atoms with Crippen molar-refractivity contribution in [2.45, 2.75) is 5.41 Å². The molecule has 10 aromatic rings. The van der Waals surface area contributed by atoms with Crippen LogP contribution in [0.2, 0.25) is 0 Å². The first-order chi connectivity index (χ1) is 27.8. The van der Waals surface area contributed by atoms with Crippen molar-refractivity contribution >= 4 is 49.4 Å². The highest BCUT2D eigenvalue weighted by Gasteiger charge is 2.46. The maximum atomic E-state index is 2.52.